The molecule has 6 heteroatoms. The Hall–Kier alpha value is -1.95. The number of hydrogen-bond acceptors (Lipinski definition) is 3. The number of hydrogen-bond donors (Lipinski definition) is 3. The van der Waals surface area contributed by atoms with Gasteiger partial charge < -0.3 is 15.7 Å². The van der Waals surface area contributed by atoms with Gasteiger partial charge in [0.2, 0.25) is 11.8 Å². The first kappa shape index (κ1) is 15.4. The van der Waals surface area contributed by atoms with Gasteiger partial charge in [0.25, 0.3) is 0 Å². The van der Waals surface area contributed by atoms with E-state index < -0.39 is 11.7 Å². The number of aliphatic hydroxyl groups excluding tert-OH is 1. The number of anilines is 1. The van der Waals surface area contributed by atoms with Crippen molar-refractivity contribution >= 4 is 17.5 Å². The van der Waals surface area contributed by atoms with E-state index >= 15 is 0 Å². The van der Waals surface area contributed by atoms with Crippen molar-refractivity contribution in [2.24, 2.45) is 0 Å². The number of benzene rings is 1. The lowest BCUT2D eigenvalue weighted by Gasteiger charge is -2.26. The topological polar surface area (TPSA) is 78.4 Å². The maximum atomic E-state index is 13.2. The lowest BCUT2D eigenvalue weighted by Crippen LogP contribution is -2.40. The fraction of sp³-hybridized carbons (Fsp3) is 0.467. The minimum atomic E-state index is -0.623. The highest BCUT2D eigenvalue weighted by Crippen LogP contribution is 2.33. The van der Waals surface area contributed by atoms with Crippen molar-refractivity contribution in [2.45, 2.75) is 38.1 Å². The predicted octanol–water partition coefficient (Wildman–Crippen LogP) is 1.53. The van der Waals surface area contributed by atoms with E-state index in [-0.39, 0.29) is 30.9 Å². The summed E-state index contributed by atoms with van der Waals surface area (Å²) in [6, 6.07) is 3.90. The number of aliphatic hydroxyl groups is 1. The monoisotopic (exact) mass is 294 g/mol. The Balaban J connectivity index is 2.20. The lowest BCUT2D eigenvalue weighted by molar-refractivity contribution is -0.127. The fourth-order valence-corrected chi connectivity index (χ4v) is 2.51. The summed E-state index contributed by atoms with van der Waals surface area (Å²) in [5.74, 6) is -1.65. The van der Waals surface area contributed by atoms with Crippen LogP contribution in [0, 0.1) is 5.82 Å². The molecule has 114 valence electrons. The molecule has 2 unspecified atom stereocenters. The molecule has 1 aliphatic rings. The minimum absolute atomic E-state index is 0.00820. The molecule has 0 spiro atoms. The second-order valence-electron chi connectivity index (χ2n) is 5.16. The molecule has 0 fully saturated rings. The normalized spacial score (nSPS) is 18.6. The molecule has 1 aliphatic heterocycles. The largest absolute Gasteiger partial charge is 0.396 e. The molecule has 0 bridgehead atoms. The number of carbonyl (C=O) groups is 2. The fourth-order valence-electron chi connectivity index (χ4n) is 2.51. The van der Waals surface area contributed by atoms with E-state index in [0.29, 0.717) is 24.1 Å². The van der Waals surface area contributed by atoms with Crippen molar-refractivity contribution in [1.82, 2.24) is 5.32 Å². The number of nitrogens with one attached hydrogen (secondary N) is 2. The van der Waals surface area contributed by atoms with Crippen molar-refractivity contribution in [3.05, 3.63) is 29.6 Å². The summed E-state index contributed by atoms with van der Waals surface area (Å²) in [7, 11) is 0. The van der Waals surface area contributed by atoms with E-state index in [1.54, 1.807) is 0 Å². The van der Waals surface area contributed by atoms with Crippen molar-refractivity contribution < 1.29 is 19.1 Å². The van der Waals surface area contributed by atoms with E-state index in [1.807, 2.05) is 6.92 Å². The molecule has 1 heterocycles. The second-order valence-corrected chi connectivity index (χ2v) is 5.16. The van der Waals surface area contributed by atoms with Crippen LogP contribution in [0.4, 0.5) is 10.1 Å². The average Bonchev–Trinajstić information content (AvgIpc) is 2.45. The van der Waals surface area contributed by atoms with E-state index in [9.17, 15) is 14.0 Å². The number of carbonyl (C=O) groups excluding carboxylic acids is 2. The van der Waals surface area contributed by atoms with Gasteiger partial charge in [0.1, 0.15) is 5.82 Å². The van der Waals surface area contributed by atoms with Gasteiger partial charge in [-0.3, -0.25) is 9.59 Å². The SMILES string of the molecule is CCC(CCO)NC(=O)C1CC(=O)Nc2cc(F)ccc21. The van der Waals surface area contributed by atoms with Crippen molar-refractivity contribution in [3.63, 3.8) is 0 Å². The summed E-state index contributed by atoms with van der Waals surface area (Å²) in [6.07, 6.45) is 1.21. The molecule has 0 aromatic heterocycles. The number of halogens is 1. The van der Waals surface area contributed by atoms with Crippen LogP contribution >= 0.6 is 0 Å². The summed E-state index contributed by atoms with van der Waals surface area (Å²) in [4.78, 5) is 24.0. The quantitative estimate of drug-likeness (QED) is 0.770. The van der Waals surface area contributed by atoms with E-state index in [0.717, 1.165) is 0 Å². The molecule has 0 saturated carbocycles. The molecule has 1 aromatic carbocycles. The number of fused-ring (bicyclic) bond motifs is 1. The molecule has 1 aromatic rings. The third kappa shape index (κ3) is 3.58. The first-order chi connectivity index (χ1) is 10.0. The van der Waals surface area contributed by atoms with Gasteiger partial charge in [0, 0.05) is 24.8 Å². The van der Waals surface area contributed by atoms with Gasteiger partial charge in [-0.05, 0) is 30.5 Å². The highest BCUT2D eigenvalue weighted by Gasteiger charge is 2.31. The first-order valence-corrected chi connectivity index (χ1v) is 7.05. The van der Waals surface area contributed by atoms with Crippen molar-refractivity contribution in [1.29, 1.82) is 0 Å². The third-order valence-electron chi connectivity index (χ3n) is 3.69. The number of rotatable bonds is 5. The Kier molecular flexibility index (Phi) is 4.90. The maximum absolute atomic E-state index is 13.2. The molecule has 0 saturated heterocycles. The summed E-state index contributed by atoms with van der Waals surface area (Å²) in [5, 5.41) is 14.4. The molecule has 2 rings (SSSR count). The summed E-state index contributed by atoms with van der Waals surface area (Å²) in [5.41, 5.74) is 0.967. The molecular weight excluding hydrogens is 275 g/mol. The van der Waals surface area contributed by atoms with Crippen LogP contribution in [-0.2, 0) is 9.59 Å². The van der Waals surface area contributed by atoms with Crippen LogP contribution in [0.15, 0.2) is 18.2 Å². The first-order valence-electron chi connectivity index (χ1n) is 7.05. The second kappa shape index (κ2) is 6.67. The molecule has 21 heavy (non-hydrogen) atoms. The Morgan fingerprint density at radius 1 is 1.57 bits per heavy atom. The van der Waals surface area contributed by atoms with Gasteiger partial charge in [-0.2, -0.15) is 0 Å². The zero-order chi connectivity index (χ0) is 15.4. The van der Waals surface area contributed by atoms with Crippen LogP contribution in [0.25, 0.3) is 0 Å². The highest BCUT2D eigenvalue weighted by atomic mass is 19.1. The molecule has 2 amide bonds. The Morgan fingerprint density at radius 3 is 3.00 bits per heavy atom. The third-order valence-corrected chi connectivity index (χ3v) is 3.69. The van der Waals surface area contributed by atoms with Gasteiger partial charge >= 0.3 is 0 Å². The smallest absolute Gasteiger partial charge is 0.228 e. The summed E-state index contributed by atoms with van der Waals surface area (Å²) < 4.78 is 13.2. The van der Waals surface area contributed by atoms with Crippen LogP contribution in [0.5, 0.6) is 0 Å². The molecule has 3 N–H and O–H groups in total. The molecular formula is C15H19FN2O3. The van der Waals surface area contributed by atoms with Crippen molar-refractivity contribution in [2.75, 3.05) is 11.9 Å². The summed E-state index contributed by atoms with van der Waals surface area (Å²) >= 11 is 0. The zero-order valence-electron chi connectivity index (χ0n) is 11.9. The van der Waals surface area contributed by atoms with Crippen molar-refractivity contribution in [3.8, 4) is 0 Å². The van der Waals surface area contributed by atoms with Crippen LogP contribution in [0.1, 0.15) is 37.7 Å². The Bertz CT molecular complexity index is 548. The lowest BCUT2D eigenvalue weighted by atomic mass is 9.89. The number of amides is 2. The van der Waals surface area contributed by atoms with Crippen LogP contribution in [0.3, 0.4) is 0 Å². The molecule has 0 aliphatic carbocycles. The Morgan fingerprint density at radius 2 is 2.33 bits per heavy atom. The van der Waals surface area contributed by atoms with Crippen LogP contribution in [-0.4, -0.2) is 29.6 Å². The average molecular weight is 294 g/mol. The summed E-state index contributed by atoms with van der Waals surface area (Å²) in [6.45, 7) is 1.91. The molecule has 2 atom stereocenters. The highest BCUT2D eigenvalue weighted by molar-refractivity contribution is 6.01. The van der Waals surface area contributed by atoms with E-state index in [4.69, 9.17) is 5.11 Å². The van der Waals surface area contributed by atoms with Gasteiger partial charge in [-0.25, -0.2) is 4.39 Å². The zero-order valence-corrected chi connectivity index (χ0v) is 11.9. The minimum Gasteiger partial charge on any atom is -0.396 e. The van der Waals surface area contributed by atoms with E-state index in [1.165, 1.54) is 18.2 Å². The van der Waals surface area contributed by atoms with Crippen LogP contribution < -0.4 is 10.6 Å². The van der Waals surface area contributed by atoms with E-state index in [2.05, 4.69) is 10.6 Å². The van der Waals surface area contributed by atoms with Gasteiger partial charge in [-0.15, -0.1) is 0 Å². The van der Waals surface area contributed by atoms with Gasteiger partial charge in [0.15, 0.2) is 0 Å². The van der Waals surface area contributed by atoms with Crippen LogP contribution in [0.2, 0.25) is 0 Å². The predicted molar refractivity (Wildman–Crippen MR) is 76.3 cm³/mol. The standard InChI is InChI=1S/C15H19FN2O3/c1-2-10(5-6-19)17-15(21)12-8-14(20)18-13-7-9(16)3-4-11(12)13/h3-4,7,10,12,19H,2,5-6,8H2,1H3,(H,17,21)(H,18,20). The molecule has 0 radical (unpaired) electrons. The molecule has 5 nitrogen and oxygen atoms in total. The van der Waals surface area contributed by atoms with Gasteiger partial charge in [-0.1, -0.05) is 13.0 Å². The maximum Gasteiger partial charge on any atom is 0.228 e. The Labute approximate surface area is 122 Å². The van der Waals surface area contributed by atoms with Gasteiger partial charge in [0.05, 0.1) is 5.92 Å².